The molecule has 11 heteroatoms. The van der Waals surface area contributed by atoms with Gasteiger partial charge in [0.1, 0.15) is 0 Å². The summed E-state index contributed by atoms with van der Waals surface area (Å²) in [6.07, 6.45) is 2.66. The molecule has 0 aromatic heterocycles. The fourth-order valence-electron chi connectivity index (χ4n) is 2.71. The maximum Gasteiger partial charge on any atom is 0.321 e. The molecular formula is C13H17N5O6. The molecular weight excluding hydrogens is 322 g/mol. The Morgan fingerprint density at radius 1 is 1.12 bits per heavy atom. The number of hydrazine groups is 1. The molecule has 0 unspecified atom stereocenters. The van der Waals surface area contributed by atoms with E-state index >= 15 is 0 Å². The number of non-ortho nitro benzene ring substituents is 1. The number of nitrogens with zero attached hydrogens (tertiary/aromatic N) is 5. The molecule has 2 atom stereocenters. The van der Waals surface area contributed by atoms with Crippen LogP contribution in [0.2, 0.25) is 0 Å². The van der Waals surface area contributed by atoms with Crippen molar-refractivity contribution in [2.75, 3.05) is 0 Å². The van der Waals surface area contributed by atoms with Crippen LogP contribution < -0.4 is 4.84 Å². The lowest BCUT2D eigenvalue weighted by Gasteiger charge is -2.33. The molecule has 0 radical (unpaired) electrons. The number of benzene rings is 1. The van der Waals surface area contributed by atoms with Crippen molar-refractivity contribution in [2.45, 2.75) is 45.2 Å². The SMILES string of the molecule is C[C@@H]1CCC[C@H](C)N1/[N+]([O-])=N/Oc1ccc([N+](=O)[O-])cc1[N+](=O)[O-]. The van der Waals surface area contributed by atoms with Crippen LogP contribution in [0.3, 0.4) is 0 Å². The van der Waals surface area contributed by atoms with Crippen LogP contribution in [0.5, 0.6) is 5.75 Å². The smallest absolute Gasteiger partial charge is 0.321 e. The summed E-state index contributed by atoms with van der Waals surface area (Å²) in [5, 5.41) is 38.7. The van der Waals surface area contributed by atoms with E-state index in [2.05, 4.69) is 5.28 Å². The summed E-state index contributed by atoms with van der Waals surface area (Å²) in [5.41, 5.74) is -1.09. The van der Waals surface area contributed by atoms with Gasteiger partial charge in [-0.3, -0.25) is 25.1 Å². The molecule has 0 spiro atoms. The molecule has 11 nitrogen and oxygen atoms in total. The third-order valence-corrected chi connectivity index (χ3v) is 3.90. The van der Waals surface area contributed by atoms with Crippen molar-refractivity contribution in [3.8, 4) is 5.75 Å². The second-order valence-corrected chi connectivity index (χ2v) is 5.60. The highest BCUT2D eigenvalue weighted by Gasteiger charge is 2.31. The molecule has 24 heavy (non-hydrogen) atoms. The summed E-state index contributed by atoms with van der Waals surface area (Å²) in [4.78, 5) is 25.3. The zero-order valence-electron chi connectivity index (χ0n) is 13.2. The van der Waals surface area contributed by atoms with E-state index in [1.807, 2.05) is 13.8 Å². The molecule has 1 aliphatic rings. The summed E-state index contributed by atoms with van der Waals surface area (Å²) in [5.74, 6) is -0.344. The Balaban J connectivity index is 2.24. The number of nitro benzene ring substituents is 2. The Hall–Kier alpha value is -2.98. The standard InChI is InChI=1S/C13H17N5O6/c1-9-4-3-5-10(2)15(9)18(23)14-24-13-7-6-11(16(19)20)8-12(13)17(21)22/h6-10H,3-5H2,1-2H3/b18-14-/t9-,10+. The van der Waals surface area contributed by atoms with E-state index in [-0.39, 0.29) is 22.8 Å². The fourth-order valence-corrected chi connectivity index (χ4v) is 2.71. The highest BCUT2D eigenvalue weighted by atomic mass is 16.7. The van der Waals surface area contributed by atoms with Crippen molar-refractivity contribution >= 4 is 11.4 Å². The van der Waals surface area contributed by atoms with Crippen LogP contribution in [0, 0.1) is 25.4 Å². The predicted molar refractivity (Wildman–Crippen MR) is 81.0 cm³/mol. The third-order valence-electron chi connectivity index (χ3n) is 3.90. The van der Waals surface area contributed by atoms with Crippen molar-refractivity contribution in [2.24, 2.45) is 5.28 Å². The number of piperidine rings is 1. The molecule has 1 fully saturated rings. The lowest BCUT2D eigenvalue weighted by atomic mass is 10.00. The van der Waals surface area contributed by atoms with Gasteiger partial charge in [-0.05, 0) is 39.2 Å². The first-order chi connectivity index (χ1) is 11.3. The Morgan fingerprint density at radius 2 is 1.75 bits per heavy atom. The lowest BCUT2D eigenvalue weighted by molar-refractivity contribution is -0.723. The van der Waals surface area contributed by atoms with Crippen molar-refractivity contribution < 1.29 is 19.7 Å². The largest absolute Gasteiger partial charge is 0.569 e. The van der Waals surface area contributed by atoms with Crippen molar-refractivity contribution in [3.05, 3.63) is 43.6 Å². The molecule has 2 rings (SSSR count). The highest BCUT2D eigenvalue weighted by Crippen LogP contribution is 2.31. The van der Waals surface area contributed by atoms with Crippen molar-refractivity contribution in [1.82, 2.24) is 5.01 Å². The average Bonchev–Trinajstić information content (AvgIpc) is 2.52. The Labute approximate surface area is 136 Å². The Morgan fingerprint density at radius 3 is 2.29 bits per heavy atom. The van der Waals surface area contributed by atoms with Gasteiger partial charge in [-0.2, -0.15) is 0 Å². The third kappa shape index (κ3) is 3.67. The molecule has 1 saturated heterocycles. The first-order valence-electron chi connectivity index (χ1n) is 7.37. The molecule has 0 N–H and O–H groups in total. The van der Waals surface area contributed by atoms with Gasteiger partial charge in [0, 0.05) is 6.07 Å². The molecule has 130 valence electrons. The highest BCUT2D eigenvalue weighted by molar-refractivity contribution is 5.53. The first-order valence-corrected chi connectivity index (χ1v) is 7.37. The molecule has 1 aromatic rings. The fraction of sp³-hybridized carbons (Fsp3) is 0.538. The van der Waals surface area contributed by atoms with Gasteiger partial charge in [-0.15, -0.1) is 5.01 Å². The van der Waals surface area contributed by atoms with Gasteiger partial charge < -0.3 is 5.21 Å². The second-order valence-electron chi connectivity index (χ2n) is 5.60. The Bertz CT molecular complexity index is 669. The van der Waals surface area contributed by atoms with Crippen molar-refractivity contribution in [3.63, 3.8) is 0 Å². The van der Waals surface area contributed by atoms with Gasteiger partial charge in [0.05, 0.1) is 33.0 Å². The summed E-state index contributed by atoms with van der Waals surface area (Å²) in [7, 11) is 0. The minimum absolute atomic E-state index is 0.0366. The average molecular weight is 339 g/mol. The van der Waals surface area contributed by atoms with Crippen LogP contribution in [-0.2, 0) is 0 Å². The molecule has 0 aliphatic carbocycles. The van der Waals surface area contributed by atoms with Crippen LogP contribution >= 0.6 is 0 Å². The molecule has 0 saturated carbocycles. The molecule has 1 aliphatic heterocycles. The van der Waals surface area contributed by atoms with E-state index in [1.165, 1.54) is 5.01 Å². The number of hydrogen-bond acceptors (Lipinski definition) is 7. The van der Waals surface area contributed by atoms with Gasteiger partial charge in [0.2, 0.25) is 11.0 Å². The zero-order chi connectivity index (χ0) is 17.9. The van der Waals surface area contributed by atoms with E-state index in [4.69, 9.17) is 4.84 Å². The maximum absolute atomic E-state index is 12.1. The van der Waals surface area contributed by atoms with E-state index in [1.54, 1.807) is 0 Å². The first kappa shape index (κ1) is 17.4. The van der Waals surface area contributed by atoms with Gasteiger partial charge in [-0.25, -0.2) is 0 Å². The van der Waals surface area contributed by atoms with Crippen LogP contribution in [0.4, 0.5) is 11.4 Å². The monoisotopic (exact) mass is 339 g/mol. The zero-order valence-corrected chi connectivity index (χ0v) is 13.2. The van der Waals surface area contributed by atoms with Gasteiger partial charge >= 0.3 is 5.69 Å². The van der Waals surface area contributed by atoms with Crippen LogP contribution in [-0.4, -0.2) is 31.9 Å². The maximum atomic E-state index is 12.1. The van der Waals surface area contributed by atoms with Gasteiger partial charge in [-0.1, -0.05) is 0 Å². The molecule has 1 heterocycles. The molecule has 0 bridgehead atoms. The van der Waals surface area contributed by atoms with E-state index in [0.717, 1.165) is 37.5 Å². The van der Waals surface area contributed by atoms with Crippen LogP contribution in [0.15, 0.2) is 23.5 Å². The number of nitro groups is 2. The topological polar surface area (TPSA) is 137 Å². The quantitative estimate of drug-likeness (QED) is 0.348. The number of rotatable bonds is 5. The summed E-state index contributed by atoms with van der Waals surface area (Å²) in [6, 6.07) is 2.76. The molecule has 1 aromatic carbocycles. The Kier molecular flexibility index (Phi) is 5.11. The van der Waals surface area contributed by atoms with E-state index in [9.17, 15) is 25.4 Å². The summed E-state index contributed by atoms with van der Waals surface area (Å²) in [6.45, 7) is 3.76. The summed E-state index contributed by atoms with van der Waals surface area (Å²) < 4.78 is 0. The normalized spacial score (nSPS) is 21.4. The lowest BCUT2D eigenvalue weighted by Crippen LogP contribution is -2.47. The second kappa shape index (κ2) is 7.06. The minimum Gasteiger partial charge on any atom is -0.569 e. The van der Waals surface area contributed by atoms with Crippen LogP contribution in [0.1, 0.15) is 33.1 Å². The predicted octanol–water partition coefficient (Wildman–Crippen LogP) is 2.94. The van der Waals surface area contributed by atoms with Crippen molar-refractivity contribution in [1.29, 1.82) is 0 Å². The van der Waals surface area contributed by atoms with E-state index < -0.39 is 21.2 Å². The van der Waals surface area contributed by atoms with Crippen LogP contribution in [0.25, 0.3) is 0 Å². The van der Waals surface area contributed by atoms with E-state index in [0.29, 0.717) is 0 Å². The van der Waals surface area contributed by atoms with Gasteiger partial charge in [0.25, 0.3) is 5.69 Å². The molecule has 0 amide bonds. The minimum atomic E-state index is -0.834. The summed E-state index contributed by atoms with van der Waals surface area (Å²) >= 11 is 0. The van der Waals surface area contributed by atoms with Gasteiger partial charge in [0.15, 0.2) is 0 Å². The number of hydrogen-bond donors (Lipinski definition) is 0.